The Labute approximate surface area is 147 Å². The molecular weight excluding hydrogens is 318 g/mol. The number of para-hydroxylation sites is 1. The third-order valence-electron chi connectivity index (χ3n) is 5.32. The van der Waals surface area contributed by atoms with Crippen LogP contribution in [0.1, 0.15) is 40.0 Å². The van der Waals surface area contributed by atoms with Gasteiger partial charge in [0.1, 0.15) is 11.0 Å². The van der Waals surface area contributed by atoms with E-state index in [0.29, 0.717) is 18.9 Å². The molecule has 2 fully saturated rings. The number of nitrogens with two attached hydrogens (primary N) is 1. The Balaban J connectivity index is 1.56. The molecule has 0 bridgehead atoms. The molecule has 1 spiro atoms. The van der Waals surface area contributed by atoms with Gasteiger partial charge < -0.3 is 20.6 Å². The summed E-state index contributed by atoms with van der Waals surface area (Å²) < 4.78 is 12.1. The molecule has 0 radical (unpaired) electrons. The van der Waals surface area contributed by atoms with Crippen LogP contribution in [-0.2, 0) is 9.47 Å². The molecule has 0 unspecified atom stereocenters. The van der Waals surface area contributed by atoms with Gasteiger partial charge in [-0.05, 0) is 34.6 Å². The summed E-state index contributed by atoms with van der Waals surface area (Å²) in [4.78, 5) is 1.69. The van der Waals surface area contributed by atoms with Crippen molar-refractivity contribution in [3.8, 4) is 0 Å². The van der Waals surface area contributed by atoms with E-state index in [4.69, 9.17) is 15.2 Å². The minimum absolute atomic E-state index is 0.0217. The fraction of sp³-hybridized carbons (Fsp3) is 0.667. The van der Waals surface area contributed by atoms with Crippen molar-refractivity contribution in [1.29, 1.82) is 0 Å². The lowest BCUT2D eigenvalue weighted by atomic mass is 9.62. The van der Waals surface area contributed by atoms with E-state index in [0.717, 1.165) is 36.8 Å². The van der Waals surface area contributed by atoms with Crippen LogP contribution in [0.25, 0.3) is 11.0 Å². The SMILES string of the molecule is CC1(C)CC2(C[C@](C)(CNn3nnc4cccc(N)c43)C1)OCCO2. The highest BCUT2D eigenvalue weighted by molar-refractivity contribution is 5.86. The number of hydrogen-bond acceptors (Lipinski definition) is 6. The molecule has 7 nitrogen and oxygen atoms in total. The van der Waals surface area contributed by atoms with Crippen molar-refractivity contribution in [3.63, 3.8) is 0 Å². The second kappa shape index (κ2) is 5.57. The van der Waals surface area contributed by atoms with Crippen LogP contribution in [0, 0.1) is 10.8 Å². The third kappa shape index (κ3) is 3.06. The van der Waals surface area contributed by atoms with Crippen molar-refractivity contribution in [3.05, 3.63) is 18.2 Å². The summed E-state index contributed by atoms with van der Waals surface area (Å²) in [7, 11) is 0. The van der Waals surface area contributed by atoms with Gasteiger partial charge in [-0.25, -0.2) is 0 Å². The average Bonchev–Trinajstić information content (AvgIpc) is 3.11. The molecule has 1 atom stereocenters. The first-order valence-corrected chi connectivity index (χ1v) is 8.92. The number of anilines is 1. The maximum Gasteiger partial charge on any atom is 0.169 e. The molecule has 7 heteroatoms. The van der Waals surface area contributed by atoms with Crippen LogP contribution < -0.4 is 11.2 Å². The van der Waals surface area contributed by atoms with Crippen molar-refractivity contribution in [2.75, 3.05) is 30.9 Å². The molecule has 2 aromatic rings. The molecule has 136 valence electrons. The van der Waals surface area contributed by atoms with E-state index in [9.17, 15) is 0 Å². The number of nitrogen functional groups attached to an aromatic ring is 1. The number of nitrogens with one attached hydrogen (secondary N) is 1. The van der Waals surface area contributed by atoms with Gasteiger partial charge in [-0.15, -0.1) is 5.10 Å². The van der Waals surface area contributed by atoms with Crippen LogP contribution in [-0.4, -0.2) is 40.6 Å². The summed E-state index contributed by atoms with van der Waals surface area (Å²) in [5.41, 5.74) is 12.0. The van der Waals surface area contributed by atoms with Gasteiger partial charge in [-0.1, -0.05) is 26.8 Å². The van der Waals surface area contributed by atoms with Gasteiger partial charge in [0.25, 0.3) is 0 Å². The predicted octanol–water partition coefficient (Wildman–Crippen LogP) is 2.52. The van der Waals surface area contributed by atoms with E-state index in [2.05, 4.69) is 36.5 Å². The first-order valence-electron chi connectivity index (χ1n) is 8.92. The Bertz CT molecular complexity index is 781. The molecular formula is C18H27N5O2. The van der Waals surface area contributed by atoms with Crippen molar-refractivity contribution in [2.24, 2.45) is 10.8 Å². The highest BCUT2D eigenvalue weighted by atomic mass is 16.7. The fourth-order valence-corrected chi connectivity index (χ4v) is 4.92. The van der Waals surface area contributed by atoms with Crippen molar-refractivity contribution < 1.29 is 9.47 Å². The van der Waals surface area contributed by atoms with Crippen molar-refractivity contribution in [1.82, 2.24) is 15.1 Å². The number of aromatic nitrogens is 3. The van der Waals surface area contributed by atoms with Gasteiger partial charge in [0.05, 0.1) is 18.9 Å². The molecule has 2 heterocycles. The molecule has 1 aromatic carbocycles. The van der Waals surface area contributed by atoms with E-state index in [1.165, 1.54) is 0 Å². The Morgan fingerprint density at radius 3 is 2.68 bits per heavy atom. The highest BCUT2D eigenvalue weighted by Crippen LogP contribution is 2.53. The number of fused-ring (bicyclic) bond motifs is 1. The summed E-state index contributed by atoms with van der Waals surface area (Å²) >= 11 is 0. The highest BCUT2D eigenvalue weighted by Gasteiger charge is 2.52. The summed E-state index contributed by atoms with van der Waals surface area (Å²) in [6.07, 6.45) is 2.90. The van der Waals surface area contributed by atoms with Gasteiger partial charge in [0.2, 0.25) is 0 Å². The third-order valence-corrected chi connectivity index (χ3v) is 5.32. The Hall–Kier alpha value is -1.86. The maximum absolute atomic E-state index is 6.10. The number of rotatable bonds is 3. The predicted molar refractivity (Wildman–Crippen MR) is 96.5 cm³/mol. The average molecular weight is 345 g/mol. The Morgan fingerprint density at radius 2 is 1.92 bits per heavy atom. The van der Waals surface area contributed by atoms with Crippen molar-refractivity contribution >= 4 is 16.7 Å². The van der Waals surface area contributed by atoms with Gasteiger partial charge in [0.15, 0.2) is 5.79 Å². The lowest BCUT2D eigenvalue weighted by Crippen LogP contribution is -2.50. The monoisotopic (exact) mass is 345 g/mol. The van der Waals surface area contributed by atoms with Gasteiger partial charge in [0, 0.05) is 19.4 Å². The van der Waals surface area contributed by atoms with E-state index in [1.807, 2.05) is 18.2 Å². The fourth-order valence-electron chi connectivity index (χ4n) is 4.92. The summed E-state index contributed by atoms with van der Waals surface area (Å²) in [5, 5.41) is 8.40. The summed E-state index contributed by atoms with van der Waals surface area (Å²) in [6.45, 7) is 8.99. The number of nitrogens with zero attached hydrogens (tertiary/aromatic N) is 3. The second-order valence-corrected chi connectivity index (χ2v) is 8.66. The quantitative estimate of drug-likeness (QED) is 0.831. The normalized spacial score (nSPS) is 27.8. The standard InChI is InChI=1S/C18H27N5O2/c1-16(2)9-17(3,11-18(10-16)24-7-8-25-18)12-20-23-15-13(19)5-4-6-14(15)21-22-23/h4-6,20H,7-12,19H2,1-3H3/t17-/m1/s1. The molecule has 4 rings (SSSR count). The minimum atomic E-state index is -0.443. The Kier molecular flexibility index (Phi) is 3.70. The van der Waals surface area contributed by atoms with Gasteiger partial charge >= 0.3 is 0 Å². The van der Waals surface area contributed by atoms with E-state index < -0.39 is 5.79 Å². The molecule has 25 heavy (non-hydrogen) atoms. The van der Waals surface area contributed by atoms with Gasteiger partial charge in [-0.2, -0.15) is 4.79 Å². The van der Waals surface area contributed by atoms with Crippen LogP contribution in [0.5, 0.6) is 0 Å². The molecule has 1 aromatic heterocycles. The zero-order chi connectivity index (χ0) is 17.7. The Morgan fingerprint density at radius 1 is 1.16 bits per heavy atom. The summed E-state index contributed by atoms with van der Waals surface area (Å²) in [5.74, 6) is -0.443. The lowest BCUT2D eigenvalue weighted by molar-refractivity contribution is -0.222. The molecule has 2 aliphatic rings. The zero-order valence-electron chi connectivity index (χ0n) is 15.2. The zero-order valence-corrected chi connectivity index (χ0v) is 15.2. The topological polar surface area (TPSA) is 87.2 Å². The van der Waals surface area contributed by atoms with Crippen LogP contribution in [0.4, 0.5) is 5.69 Å². The minimum Gasteiger partial charge on any atom is -0.397 e. The van der Waals surface area contributed by atoms with Crippen molar-refractivity contribution in [2.45, 2.75) is 45.8 Å². The first kappa shape index (κ1) is 16.6. The molecule has 1 saturated carbocycles. The molecule has 0 amide bonds. The van der Waals surface area contributed by atoms with Crippen LogP contribution in [0.15, 0.2) is 18.2 Å². The van der Waals surface area contributed by atoms with E-state index >= 15 is 0 Å². The van der Waals surface area contributed by atoms with Crippen LogP contribution in [0.3, 0.4) is 0 Å². The molecule has 1 aliphatic carbocycles. The molecule has 1 saturated heterocycles. The van der Waals surface area contributed by atoms with Crippen LogP contribution in [0.2, 0.25) is 0 Å². The number of ether oxygens (including phenoxy) is 2. The second-order valence-electron chi connectivity index (χ2n) is 8.66. The number of hydrogen-bond donors (Lipinski definition) is 2. The molecule has 3 N–H and O–H groups in total. The van der Waals surface area contributed by atoms with E-state index in [-0.39, 0.29) is 10.8 Å². The number of benzene rings is 1. The first-order chi connectivity index (χ1) is 11.8. The maximum atomic E-state index is 6.10. The summed E-state index contributed by atoms with van der Waals surface area (Å²) in [6, 6.07) is 5.67. The van der Waals surface area contributed by atoms with E-state index in [1.54, 1.807) is 4.79 Å². The molecule has 1 aliphatic heterocycles. The largest absolute Gasteiger partial charge is 0.397 e. The van der Waals surface area contributed by atoms with Crippen LogP contribution >= 0.6 is 0 Å². The van der Waals surface area contributed by atoms with Gasteiger partial charge in [-0.3, -0.25) is 0 Å². The smallest absolute Gasteiger partial charge is 0.169 e. The lowest BCUT2D eigenvalue weighted by Gasteiger charge is -2.50.